The molecule has 6 nitrogen and oxygen atoms in total. The van der Waals surface area contributed by atoms with E-state index in [1.165, 1.54) is 18.4 Å². The highest BCUT2D eigenvalue weighted by Gasteiger charge is 2.34. The SMILES string of the molecule is CC(C)(CN1CCC(C)(NS(C)(=O)=O)CC1)NC[C@H](O)c1cccc(F)c1. The second-order valence-corrected chi connectivity index (χ2v) is 10.3. The van der Waals surface area contributed by atoms with Gasteiger partial charge in [0.25, 0.3) is 0 Å². The number of sulfonamides is 1. The molecule has 0 radical (unpaired) electrons. The highest BCUT2D eigenvalue weighted by atomic mass is 32.2. The highest BCUT2D eigenvalue weighted by Crippen LogP contribution is 2.24. The topological polar surface area (TPSA) is 81.7 Å². The Hall–Kier alpha value is -1.06. The average molecular weight is 402 g/mol. The molecule has 1 heterocycles. The molecule has 0 aromatic heterocycles. The molecule has 0 aliphatic carbocycles. The fourth-order valence-corrected chi connectivity index (χ4v) is 4.67. The Labute approximate surface area is 162 Å². The number of rotatable bonds is 8. The second kappa shape index (κ2) is 8.53. The number of hydrogen-bond acceptors (Lipinski definition) is 5. The summed E-state index contributed by atoms with van der Waals surface area (Å²) in [5, 5.41) is 13.6. The van der Waals surface area contributed by atoms with Crippen molar-refractivity contribution in [3.63, 3.8) is 0 Å². The van der Waals surface area contributed by atoms with Crippen molar-refractivity contribution in [2.24, 2.45) is 0 Å². The zero-order chi connectivity index (χ0) is 20.3. The van der Waals surface area contributed by atoms with Crippen LogP contribution >= 0.6 is 0 Å². The molecule has 1 fully saturated rings. The number of hydrogen-bond donors (Lipinski definition) is 3. The molecule has 1 aromatic carbocycles. The fraction of sp³-hybridized carbons (Fsp3) is 0.684. The van der Waals surface area contributed by atoms with E-state index in [0.717, 1.165) is 32.5 Å². The number of nitrogens with zero attached hydrogens (tertiary/aromatic N) is 1. The number of benzene rings is 1. The first-order valence-corrected chi connectivity index (χ1v) is 11.2. The highest BCUT2D eigenvalue weighted by molar-refractivity contribution is 7.88. The summed E-state index contributed by atoms with van der Waals surface area (Å²) in [7, 11) is -3.22. The minimum atomic E-state index is -3.22. The number of aliphatic hydroxyl groups excluding tert-OH is 1. The predicted octanol–water partition coefficient (Wildman–Crippen LogP) is 1.63. The lowest BCUT2D eigenvalue weighted by molar-refractivity contribution is 0.114. The molecule has 1 saturated heterocycles. The maximum absolute atomic E-state index is 13.3. The summed E-state index contributed by atoms with van der Waals surface area (Å²) in [6, 6.07) is 6.01. The van der Waals surface area contributed by atoms with Crippen LogP contribution in [0.2, 0.25) is 0 Å². The standard InChI is InChI=1S/C19H32FN3O3S/c1-18(2,21-13-17(24)15-6-5-7-16(20)12-15)14-23-10-8-19(3,9-11-23)22-27(4,25)26/h5-7,12,17,21-22,24H,8-11,13-14H2,1-4H3/t17-/m0/s1. The molecule has 1 atom stereocenters. The Bertz CT molecular complexity index is 731. The Morgan fingerprint density at radius 3 is 2.52 bits per heavy atom. The maximum atomic E-state index is 13.3. The van der Waals surface area contributed by atoms with Gasteiger partial charge in [-0.05, 0) is 64.4 Å². The molecule has 154 valence electrons. The van der Waals surface area contributed by atoms with E-state index >= 15 is 0 Å². The number of β-amino-alcohol motifs (C(OH)–C–C–N with tert-alkyl or cyclic N) is 1. The van der Waals surface area contributed by atoms with E-state index in [2.05, 4.69) is 28.8 Å². The smallest absolute Gasteiger partial charge is 0.209 e. The lowest BCUT2D eigenvalue weighted by Crippen LogP contribution is -2.57. The van der Waals surface area contributed by atoms with E-state index < -0.39 is 21.7 Å². The second-order valence-electron chi connectivity index (χ2n) is 8.55. The third kappa shape index (κ3) is 7.46. The molecule has 2 rings (SSSR count). The monoisotopic (exact) mass is 401 g/mol. The van der Waals surface area contributed by atoms with E-state index in [0.29, 0.717) is 12.1 Å². The number of piperidine rings is 1. The van der Waals surface area contributed by atoms with Gasteiger partial charge in [0.1, 0.15) is 5.82 Å². The molecule has 1 aromatic rings. The van der Waals surface area contributed by atoms with Crippen molar-refractivity contribution in [1.82, 2.24) is 14.9 Å². The van der Waals surface area contributed by atoms with Crippen molar-refractivity contribution < 1.29 is 17.9 Å². The molecule has 0 unspecified atom stereocenters. The van der Waals surface area contributed by atoms with Gasteiger partial charge in [0, 0.05) is 24.2 Å². The van der Waals surface area contributed by atoms with Gasteiger partial charge < -0.3 is 15.3 Å². The van der Waals surface area contributed by atoms with Gasteiger partial charge in [-0.3, -0.25) is 0 Å². The molecule has 8 heteroatoms. The number of nitrogens with one attached hydrogen (secondary N) is 2. The number of likely N-dealkylation sites (tertiary alicyclic amines) is 1. The zero-order valence-electron chi connectivity index (χ0n) is 16.6. The minimum absolute atomic E-state index is 0.244. The molecule has 0 amide bonds. The van der Waals surface area contributed by atoms with E-state index in [1.54, 1.807) is 12.1 Å². The number of aliphatic hydroxyl groups is 1. The summed E-state index contributed by atoms with van der Waals surface area (Å²) in [6.07, 6.45) is 1.93. The molecule has 0 spiro atoms. The molecule has 3 N–H and O–H groups in total. The minimum Gasteiger partial charge on any atom is -0.387 e. The van der Waals surface area contributed by atoms with Crippen LogP contribution in [0.15, 0.2) is 24.3 Å². The zero-order valence-corrected chi connectivity index (χ0v) is 17.4. The fourth-order valence-electron chi connectivity index (χ4n) is 3.57. The molecule has 27 heavy (non-hydrogen) atoms. The molecular weight excluding hydrogens is 369 g/mol. The van der Waals surface area contributed by atoms with Gasteiger partial charge in [-0.15, -0.1) is 0 Å². The van der Waals surface area contributed by atoms with Crippen molar-refractivity contribution in [2.45, 2.75) is 50.8 Å². The van der Waals surface area contributed by atoms with E-state index in [-0.39, 0.29) is 11.4 Å². The maximum Gasteiger partial charge on any atom is 0.209 e. The van der Waals surface area contributed by atoms with Crippen LogP contribution in [0.1, 0.15) is 45.3 Å². The molecule has 0 saturated carbocycles. The summed E-state index contributed by atoms with van der Waals surface area (Å²) >= 11 is 0. The van der Waals surface area contributed by atoms with Gasteiger partial charge in [0.05, 0.1) is 12.4 Å². The first-order valence-electron chi connectivity index (χ1n) is 9.27. The van der Waals surface area contributed by atoms with Crippen molar-refractivity contribution in [3.05, 3.63) is 35.6 Å². The molecule has 1 aliphatic heterocycles. The van der Waals surface area contributed by atoms with Crippen LogP contribution in [0.3, 0.4) is 0 Å². The van der Waals surface area contributed by atoms with Crippen molar-refractivity contribution >= 4 is 10.0 Å². The van der Waals surface area contributed by atoms with E-state index in [1.807, 2.05) is 6.92 Å². The van der Waals surface area contributed by atoms with Crippen LogP contribution in [0.25, 0.3) is 0 Å². The van der Waals surface area contributed by atoms with Crippen LogP contribution in [0.4, 0.5) is 4.39 Å². The van der Waals surface area contributed by atoms with Crippen molar-refractivity contribution in [3.8, 4) is 0 Å². The van der Waals surface area contributed by atoms with E-state index in [4.69, 9.17) is 0 Å². The molecule has 0 bridgehead atoms. The molecular formula is C19H32FN3O3S. The normalized spacial score (nSPS) is 19.8. The third-order valence-corrected chi connectivity index (χ3v) is 5.88. The largest absolute Gasteiger partial charge is 0.387 e. The summed E-state index contributed by atoms with van der Waals surface area (Å²) in [5.74, 6) is -0.357. The Balaban J connectivity index is 1.83. The van der Waals surface area contributed by atoms with Gasteiger partial charge in [-0.1, -0.05) is 12.1 Å². The van der Waals surface area contributed by atoms with Crippen molar-refractivity contribution in [1.29, 1.82) is 0 Å². The lowest BCUT2D eigenvalue weighted by atomic mass is 9.90. The van der Waals surface area contributed by atoms with Gasteiger partial charge in [0.15, 0.2) is 0 Å². The summed E-state index contributed by atoms with van der Waals surface area (Å²) in [4.78, 5) is 2.30. The summed E-state index contributed by atoms with van der Waals surface area (Å²) in [5.41, 5.74) is -0.0828. The lowest BCUT2D eigenvalue weighted by Gasteiger charge is -2.42. The quantitative estimate of drug-likeness (QED) is 0.617. The summed E-state index contributed by atoms with van der Waals surface area (Å²) in [6.45, 7) is 8.79. The number of halogens is 1. The van der Waals surface area contributed by atoms with E-state index in [9.17, 15) is 17.9 Å². The van der Waals surface area contributed by atoms with Crippen LogP contribution in [-0.2, 0) is 10.0 Å². The van der Waals surface area contributed by atoms with Crippen LogP contribution < -0.4 is 10.0 Å². The van der Waals surface area contributed by atoms with Crippen LogP contribution in [0.5, 0.6) is 0 Å². The first kappa shape index (κ1) is 22.2. The van der Waals surface area contributed by atoms with Crippen molar-refractivity contribution in [2.75, 3.05) is 32.4 Å². The van der Waals surface area contributed by atoms with Gasteiger partial charge in [-0.2, -0.15) is 0 Å². The Kier molecular flexibility index (Phi) is 7.02. The first-order chi connectivity index (χ1) is 12.4. The van der Waals surface area contributed by atoms with Crippen LogP contribution in [0, 0.1) is 5.82 Å². The summed E-state index contributed by atoms with van der Waals surface area (Å²) < 4.78 is 39.1. The van der Waals surface area contributed by atoms with Gasteiger partial charge in [0.2, 0.25) is 10.0 Å². The van der Waals surface area contributed by atoms with Gasteiger partial charge >= 0.3 is 0 Å². The molecule has 1 aliphatic rings. The Morgan fingerprint density at radius 2 is 1.96 bits per heavy atom. The third-order valence-electron chi connectivity index (χ3n) is 5.02. The average Bonchev–Trinajstić information content (AvgIpc) is 2.53. The van der Waals surface area contributed by atoms with Crippen LogP contribution in [-0.4, -0.2) is 61.9 Å². The van der Waals surface area contributed by atoms with Gasteiger partial charge in [-0.25, -0.2) is 17.5 Å². The Morgan fingerprint density at radius 1 is 1.33 bits per heavy atom. The predicted molar refractivity (Wildman–Crippen MR) is 106 cm³/mol.